The van der Waals surface area contributed by atoms with E-state index in [0.717, 1.165) is 37.7 Å². The van der Waals surface area contributed by atoms with Gasteiger partial charge < -0.3 is 4.90 Å². The molecule has 130 valence electrons. The fraction of sp³-hybridized carbons (Fsp3) is 0.579. The zero-order chi connectivity index (χ0) is 17.4. The first-order chi connectivity index (χ1) is 11.4. The highest BCUT2D eigenvalue weighted by Crippen LogP contribution is 2.45. The molecule has 1 saturated carbocycles. The molecule has 1 saturated heterocycles. The van der Waals surface area contributed by atoms with Crippen LogP contribution in [0.25, 0.3) is 0 Å². The van der Waals surface area contributed by atoms with Crippen molar-refractivity contribution in [2.45, 2.75) is 63.3 Å². The Labute approximate surface area is 143 Å². The maximum absolute atomic E-state index is 13.3. The molecule has 1 aromatic rings. The number of hydrogen-bond acceptors (Lipinski definition) is 3. The molecule has 1 aliphatic heterocycles. The highest BCUT2D eigenvalue weighted by atomic mass is 16.5. The first-order valence-electron chi connectivity index (χ1n) is 8.73. The number of rotatable bonds is 4. The summed E-state index contributed by atoms with van der Waals surface area (Å²) in [5.74, 6) is -0.298. The molecule has 0 aromatic heterocycles. The summed E-state index contributed by atoms with van der Waals surface area (Å²) in [6, 6.07) is 8.17. The van der Waals surface area contributed by atoms with E-state index < -0.39 is 16.9 Å². The SMILES string of the molecule is Cc1ccc(C2(C)CCN(C3(CC(=O)NO)CCCC3)C2=O)cc1. The number of benzene rings is 1. The van der Waals surface area contributed by atoms with Gasteiger partial charge >= 0.3 is 0 Å². The van der Waals surface area contributed by atoms with Crippen LogP contribution >= 0.6 is 0 Å². The molecule has 5 heteroatoms. The summed E-state index contributed by atoms with van der Waals surface area (Å²) in [5, 5.41) is 8.92. The quantitative estimate of drug-likeness (QED) is 0.659. The van der Waals surface area contributed by atoms with Crippen LogP contribution in [0.5, 0.6) is 0 Å². The Kier molecular flexibility index (Phi) is 4.38. The van der Waals surface area contributed by atoms with Crippen molar-refractivity contribution in [3.05, 3.63) is 35.4 Å². The van der Waals surface area contributed by atoms with Crippen LogP contribution in [0.1, 0.15) is 56.6 Å². The molecular weight excluding hydrogens is 304 g/mol. The lowest BCUT2D eigenvalue weighted by atomic mass is 9.80. The van der Waals surface area contributed by atoms with Crippen molar-refractivity contribution in [3.63, 3.8) is 0 Å². The number of hydroxylamine groups is 1. The van der Waals surface area contributed by atoms with Gasteiger partial charge in [0, 0.05) is 6.54 Å². The molecule has 1 aliphatic carbocycles. The molecule has 0 spiro atoms. The first kappa shape index (κ1) is 17.0. The molecule has 2 aliphatic rings. The molecule has 1 heterocycles. The van der Waals surface area contributed by atoms with Crippen molar-refractivity contribution in [1.29, 1.82) is 0 Å². The third-order valence-corrected chi connectivity index (χ3v) is 5.96. The van der Waals surface area contributed by atoms with Crippen LogP contribution in [-0.4, -0.2) is 34.0 Å². The van der Waals surface area contributed by atoms with Gasteiger partial charge in [0.2, 0.25) is 11.8 Å². The van der Waals surface area contributed by atoms with Gasteiger partial charge in [-0.05, 0) is 38.7 Å². The second kappa shape index (κ2) is 6.20. The number of aryl methyl sites for hydroxylation is 1. The van der Waals surface area contributed by atoms with Crippen molar-refractivity contribution in [2.75, 3.05) is 6.54 Å². The monoisotopic (exact) mass is 330 g/mol. The van der Waals surface area contributed by atoms with Gasteiger partial charge in [0.05, 0.1) is 17.4 Å². The van der Waals surface area contributed by atoms with E-state index in [9.17, 15) is 9.59 Å². The molecule has 0 bridgehead atoms. The predicted molar refractivity (Wildman–Crippen MR) is 90.6 cm³/mol. The number of nitrogens with zero attached hydrogens (tertiary/aromatic N) is 1. The second-order valence-electron chi connectivity index (χ2n) is 7.55. The van der Waals surface area contributed by atoms with Gasteiger partial charge in [-0.2, -0.15) is 0 Å². The lowest BCUT2D eigenvalue weighted by molar-refractivity contribution is -0.141. The number of amides is 2. The zero-order valence-electron chi connectivity index (χ0n) is 14.5. The summed E-state index contributed by atoms with van der Waals surface area (Å²) in [7, 11) is 0. The van der Waals surface area contributed by atoms with Crippen molar-refractivity contribution in [1.82, 2.24) is 10.4 Å². The van der Waals surface area contributed by atoms with Crippen LogP contribution in [0.4, 0.5) is 0 Å². The van der Waals surface area contributed by atoms with Crippen molar-refractivity contribution < 1.29 is 14.8 Å². The summed E-state index contributed by atoms with van der Waals surface area (Å²) < 4.78 is 0. The summed E-state index contributed by atoms with van der Waals surface area (Å²) in [5.41, 5.74) is 2.99. The van der Waals surface area contributed by atoms with Crippen molar-refractivity contribution in [2.24, 2.45) is 0 Å². The van der Waals surface area contributed by atoms with E-state index in [4.69, 9.17) is 5.21 Å². The highest BCUT2D eigenvalue weighted by molar-refractivity contribution is 5.91. The molecule has 0 radical (unpaired) electrons. The van der Waals surface area contributed by atoms with E-state index in [1.807, 2.05) is 43.0 Å². The van der Waals surface area contributed by atoms with Gasteiger partial charge in [0.1, 0.15) is 0 Å². The normalized spacial score (nSPS) is 26.0. The number of likely N-dealkylation sites (tertiary alicyclic amines) is 1. The third-order valence-electron chi connectivity index (χ3n) is 5.96. The lowest BCUT2D eigenvalue weighted by Gasteiger charge is -2.39. The van der Waals surface area contributed by atoms with Crippen LogP contribution in [0.3, 0.4) is 0 Å². The molecule has 1 unspecified atom stereocenters. The van der Waals surface area contributed by atoms with E-state index in [1.165, 1.54) is 5.56 Å². The van der Waals surface area contributed by atoms with E-state index in [2.05, 4.69) is 0 Å². The molecule has 2 amide bonds. The summed E-state index contributed by atoms with van der Waals surface area (Å²) in [6.07, 6.45) is 4.64. The molecule has 5 nitrogen and oxygen atoms in total. The van der Waals surface area contributed by atoms with Crippen LogP contribution in [-0.2, 0) is 15.0 Å². The van der Waals surface area contributed by atoms with Gasteiger partial charge in [-0.25, -0.2) is 5.48 Å². The van der Waals surface area contributed by atoms with Crippen molar-refractivity contribution >= 4 is 11.8 Å². The van der Waals surface area contributed by atoms with Gasteiger partial charge in [-0.15, -0.1) is 0 Å². The highest BCUT2D eigenvalue weighted by Gasteiger charge is 2.52. The molecule has 1 atom stereocenters. The molecule has 2 fully saturated rings. The summed E-state index contributed by atoms with van der Waals surface area (Å²) in [6.45, 7) is 4.71. The lowest BCUT2D eigenvalue weighted by Crippen LogP contribution is -2.52. The van der Waals surface area contributed by atoms with Gasteiger partial charge in [0.15, 0.2) is 0 Å². The Bertz CT molecular complexity index is 635. The number of carbonyl (C=O) groups is 2. The van der Waals surface area contributed by atoms with E-state index in [0.29, 0.717) is 6.54 Å². The fourth-order valence-electron chi connectivity index (χ4n) is 4.40. The smallest absolute Gasteiger partial charge is 0.245 e. The third kappa shape index (κ3) is 2.71. The van der Waals surface area contributed by atoms with Crippen LogP contribution in [0.15, 0.2) is 24.3 Å². The van der Waals surface area contributed by atoms with Gasteiger partial charge in [0.25, 0.3) is 0 Å². The van der Waals surface area contributed by atoms with Crippen LogP contribution in [0.2, 0.25) is 0 Å². The van der Waals surface area contributed by atoms with Gasteiger partial charge in [-0.3, -0.25) is 14.8 Å². The summed E-state index contributed by atoms with van der Waals surface area (Å²) in [4.78, 5) is 27.0. The zero-order valence-corrected chi connectivity index (χ0v) is 14.5. The Morgan fingerprint density at radius 2 is 1.83 bits per heavy atom. The predicted octanol–water partition coefficient (Wildman–Crippen LogP) is 2.69. The standard InChI is InChI=1S/C19H26N2O3/c1-14-5-7-15(8-6-14)18(2)11-12-21(17(18)23)19(9-3-4-10-19)13-16(22)20-24/h5-8,24H,3-4,9-13H2,1-2H3,(H,20,22). The minimum Gasteiger partial charge on any atom is -0.336 e. The van der Waals surface area contributed by atoms with E-state index >= 15 is 0 Å². The van der Waals surface area contributed by atoms with Gasteiger partial charge in [-0.1, -0.05) is 42.7 Å². The average molecular weight is 330 g/mol. The number of nitrogens with one attached hydrogen (secondary N) is 1. The molecule has 1 aromatic carbocycles. The Morgan fingerprint density at radius 3 is 2.42 bits per heavy atom. The average Bonchev–Trinajstić information content (AvgIpc) is 3.15. The minimum absolute atomic E-state index is 0.110. The minimum atomic E-state index is -0.529. The molecule has 24 heavy (non-hydrogen) atoms. The maximum Gasteiger partial charge on any atom is 0.245 e. The second-order valence-corrected chi connectivity index (χ2v) is 7.55. The number of carbonyl (C=O) groups excluding carboxylic acids is 2. The summed E-state index contributed by atoms with van der Waals surface area (Å²) >= 11 is 0. The Balaban J connectivity index is 1.89. The van der Waals surface area contributed by atoms with Crippen molar-refractivity contribution in [3.8, 4) is 0 Å². The Hall–Kier alpha value is -1.88. The topological polar surface area (TPSA) is 69.6 Å². The fourth-order valence-corrected chi connectivity index (χ4v) is 4.40. The van der Waals surface area contributed by atoms with E-state index in [1.54, 1.807) is 5.48 Å². The molecular formula is C19H26N2O3. The first-order valence-corrected chi connectivity index (χ1v) is 8.73. The molecule has 2 N–H and O–H groups in total. The maximum atomic E-state index is 13.3. The van der Waals surface area contributed by atoms with Crippen LogP contribution in [0, 0.1) is 6.92 Å². The Morgan fingerprint density at radius 1 is 1.21 bits per heavy atom. The largest absolute Gasteiger partial charge is 0.336 e. The van der Waals surface area contributed by atoms with Crippen LogP contribution < -0.4 is 5.48 Å². The number of hydrogen-bond donors (Lipinski definition) is 2. The molecule has 3 rings (SSSR count). The van der Waals surface area contributed by atoms with E-state index in [-0.39, 0.29) is 12.3 Å².